The minimum atomic E-state index is -0.428. The van der Waals surface area contributed by atoms with E-state index >= 15 is 0 Å². The van der Waals surface area contributed by atoms with E-state index in [1.807, 2.05) is 0 Å². The second kappa shape index (κ2) is 4.40. The molecule has 0 aliphatic carbocycles. The van der Waals surface area contributed by atoms with Crippen molar-refractivity contribution in [1.29, 1.82) is 0 Å². The lowest BCUT2D eigenvalue weighted by Gasteiger charge is -2.01. The highest BCUT2D eigenvalue weighted by Gasteiger charge is 2.12. The molecule has 0 saturated carbocycles. The largest absolute Gasteiger partial charge is 0.292 e. The Bertz CT molecular complexity index is 513. The predicted molar refractivity (Wildman–Crippen MR) is 55.8 cm³/mol. The van der Waals surface area contributed by atoms with E-state index in [0.717, 1.165) is 0 Å². The lowest BCUT2D eigenvalue weighted by Crippen LogP contribution is -2.04. The Kier molecular flexibility index (Phi) is 2.96. The SMILES string of the molecule is O=C(Cc1ccc(F)cc1Cl)c1cn[nH]n1. The first-order chi connectivity index (χ1) is 7.66. The summed E-state index contributed by atoms with van der Waals surface area (Å²) in [6, 6.07) is 3.92. The standard InChI is InChI=1S/C10H7ClFN3O/c11-8-4-7(12)2-1-6(8)3-10(16)9-5-13-15-14-9/h1-2,4-5H,3H2,(H,13,14,15). The molecule has 2 rings (SSSR count). The van der Waals surface area contributed by atoms with Gasteiger partial charge in [-0.1, -0.05) is 17.7 Å². The van der Waals surface area contributed by atoms with Crippen LogP contribution in [0, 0.1) is 5.82 Å². The number of nitrogens with one attached hydrogen (secondary N) is 1. The van der Waals surface area contributed by atoms with Crippen LogP contribution >= 0.6 is 11.6 Å². The predicted octanol–water partition coefficient (Wildman–Crippen LogP) is 2.02. The summed E-state index contributed by atoms with van der Waals surface area (Å²) in [7, 11) is 0. The van der Waals surface area contributed by atoms with Gasteiger partial charge in [-0.05, 0) is 17.7 Å². The van der Waals surface area contributed by atoms with Gasteiger partial charge in [-0.2, -0.15) is 15.4 Å². The van der Waals surface area contributed by atoms with Crippen molar-refractivity contribution in [1.82, 2.24) is 15.4 Å². The Labute approximate surface area is 95.4 Å². The number of hydrogen-bond donors (Lipinski definition) is 1. The van der Waals surface area contributed by atoms with Gasteiger partial charge in [0, 0.05) is 11.4 Å². The van der Waals surface area contributed by atoms with E-state index in [-0.39, 0.29) is 22.9 Å². The highest BCUT2D eigenvalue weighted by atomic mass is 35.5. The average Bonchev–Trinajstić information content (AvgIpc) is 2.75. The lowest BCUT2D eigenvalue weighted by atomic mass is 10.1. The van der Waals surface area contributed by atoms with Crippen LogP contribution < -0.4 is 0 Å². The first-order valence-corrected chi connectivity index (χ1v) is 4.87. The summed E-state index contributed by atoms with van der Waals surface area (Å²) in [5.41, 5.74) is 0.802. The number of Topliss-reactive ketones (excluding diaryl/α,β-unsaturated/α-hetero) is 1. The number of benzene rings is 1. The van der Waals surface area contributed by atoms with Gasteiger partial charge in [-0.25, -0.2) is 4.39 Å². The van der Waals surface area contributed by atoms with Gasteiger partial charge in [0.25, 0.3) is 0 Å². The van der Waals surface area contributed by atoms with Crippen molar-refractivity contribution >= 4 is 17.4 Å². The summed E-state index contributed by atoms with van der Waals surface area (Å²) in [5.74, 6) is -0.648. The van der Waals surface area contributed by atoms with Crippen LogP contribution in [0.3, 0.4) is 0 Å². The molecule has 1 N–H and O–H groups in total. The van der Waals surface area contributed by atoms with Crippen LogP contribution in [0.2, 0.25) is 5.02 Å². The van der Waals surface area contributed by atoms with Gasteiger partial charge < -0.3 is 0 Å². The smallest absolute Gasteiger partial charge is 0.189 e. The molecule has 1 aromatic carbocycles. The summed E-state index contributed by atoms with van der Waals surface area (Å²) in [4.78, 5) is 11.6. The molecule has 0 fully saturated rings. The zero-order valence-corrected chi connectivity index (χ0v) is 8.83. The molecular formula is C10H7ClFN3O. The molecule has 0 amide bonds. The van der Waals surface area contributed by atoms with E-state index in [1.54, 1.807) is 0 Å². The van der Waals surface area contributed by atoms with E-state index in [9.17, 15) is 9.18 Å². The van der Waals surface area contributed by atoms with E-state index in [4.69, 9.17) is 11.6 Å². The van der Waals surface area contributed by atoms with Crippen LogP contribution in [0.4, 0.5) is 4.39 Å². The van der Waals surface area contributed by atoms with Gasteiger partial charge in [0.05, 0.1) is 6.20 Å². The number of ketones is 1. The summed E-state index contributed by atoms with van der Waals surface area (Å²) < 4.78 is 12.8. The molecule has 2 aromatic rings. The Balaban J connectivity index is 2.18. The maximum absolute atomic E-state index is 12.8. The molecule has 1 aromatic heterocycles. The Hall–Kier alpha value is -1.75. The lowest BCUT2D eigenvalue weighted by molar-refractivity contribution is 0.0988. The van der Waals surface area contributed by atoms with Crippen LogP contribution in [0.5, 0.6) is 0 Å². The van der Waals surface area contributed by atoms with Crippen molar-refractivity contribution in [2.24, 2.45) is 0 Å². The monoisotopic (exact) mass is 239 g/mol. The van der Waals surface area contributed by atoms with Crippen molar-refractivity contribution < 1.29 is 9.18 Å². The summed E-state index contributed by atoms with van der Waals surface area (Å²) in [6.45, 7) is 0. The van der Waals surface area contributed by atoms with Crippen LogP contribution in [-0.4, -0.2) is 21.2 Å². The fraction of sp³-hybridized carbons (Fsp3) is 0.100. The minimum absolute atomic E-state index is 0.0750. The molecule has 4 nitrogen and oxygen atoms in total. The zero-order valence-electron chi connectivity index (χ0n) is 8.08. The van der Waals surface area contributed by atoms with Gasteiger partial charge in [-0.15, -0.1) is 0 Å². The molecule has 0 saturated heterocycles. The Morgan fingerprint density at radius 1 is 1.50 bits per heavy atom. The van der Waals surface area contributed by atoms with Gasteiger partial charge in [0.1, 0.15) is 11.5 Å². The number of carbonyl (C=O) groups excluding carboxylic acids is 1. The number of H-pyrrole nitrogens is 1. The fourth-order valence-electron chi connectivity index (χ4n) is 1.26. The van der Waals surface area contributed by atoms with Crippen molar-refractivity contribution in [2.45, 2.75) is 6.42 Å². The maximum Gasteiger partial charge on any atom is 0.189 e. The number of nitrogens with zero attached hydrogens (tertiary/aromatic N) is 2. The van der Waals surface area contributed by atoms with Crippen LogP contribution in [0.25, 0.3) is 0 Å². The average molecular weight is 240 g/mol. The number of carbonyl (C=O) groups is 1. The minimum Gasteiger partial charge on any atom is -0.292 e. The van der Waals surface area contributed by atoms with Crippen molar-refractivity contribution in [3.05, 3.63) is 46.5 Å². The summed E-state index contributed by atoms with van der Waals surface area (Å²) in [6.07, 6.45) is 1.41. The van der Waals surface area contributed by atoms with E-state index in [1.165, 1.54) is 24.4 Å². The van der Waals surface area contributed by atoms with Crippen molar-refractivity contribution in [3.63, 3.8) is 0 Å². The van der Waals surface area contributed by atoms with Crippen molar-refractivity contribution in [2.75, 3.05) is 0 Å². The van der Waals surface area contributed by atoms with Crippen LogP contribution in [0.1, 0.15) is 16.1 Å². The molecule has 6 heteroatoms. The first-order valence-electron chi connectivity index (χ1n) is 4.49. The van der Waals surface area contributed by atoms with Gasteiger partial charge in [-0.3, -0.25) is 4.79 Å². The van der Waals surface area contributed by atoms with Crippen LogP contribution in [-0.2, 0) is 6.42 Å². The van der Waals surface area contributed by atoms with Gasteiger partial charge in [0.2, 0.25) is 0 Å². The third kappa shape index (κ3) is 2.25. The third-order valence-corrected chi connectivity index (χ3v) is 2.42. The molecule has 0 unspecified atom stereocenters. The molecule has 0 spiro atoms. The highest BCUT2D eigenvalue weighted by molar-refractivity contribution is 6.31. The molecular weight excluding hydrogens is 233 g/mol. The maximum atomic E-state index is 12.8. The molecule has 0 bridgehead atoms. The zero-order chi connectivity index (χ0) is 11.5. The fourth-order valence-corrected chi connectivity index (χ4v) is 1.50. The first kappa shape index (κ1) is 10.8. The number of hydrogen-bond acceptors (Lipinski definition) is 3. The quantitative estimate of drug-likeness (QED) is 0.834. The summed E-state index contributed by atoms with van der Waals surface area (Å²) >= 11 is 5.80. The second-order valence-corrected chi connectivity index (χ2v) is 3.60. The molecule has 0 atom stereocenters. The van der Waals surface area contributed by atoms with Gasteiger partial charge >= 0.3 is 0 Å². The topological polar surface area (TPSA) is 58.6 Å². The van der Waals surface area contributed by atoms with Crippen molar-refractivity contribution in [3.8, 4) is 0 Å². The van der Waals surface area contributed by atoms with E-state index in [0.29, 0.717) is 5.56 Å². The third-order valence-electron chi connectivity index (χ3n) is 2.07. The Morgan fingerprint density at radius 3 is 2.94 bits per heavy atom. The normalized spacial score (nSPS) is 10.4. The number of aromatic nitrogens is 3. The van der Waals surface area contributed by atoms with E-state index in [2.05, 4.69) is 15.4 Å². The van der Waals surface area contributed by atoms with Crippen LogP contribution in [0.15, 0.2) is 24.4 Å². The second-order valence-electron chi connectivity index (χ2n) is 3.19. The Morgan fingerprint density at radius 2 is 2.31 bits per heavy atom. The summed E-state index contributed by atoms with van der Waals surface area (Å²) in [5, 5.41) is 9.77. The van der Waals surface area contributed by atoms with E-state index < -0.39 is 5.82 Å². The number of halogens is 2. The number of aromatic amines is 1. The number of rotatable bonds is 3. The molecule has 16 heavy (non-hydrogen) atoms. The highest BCUT2D eigenvalue weighted by Crippen LogP contribution is 2.18. The molecule has 0 aliphatic rings. The van der Waals surface area contributed by atoms with Gasteiger partial charge in [0.15, 0.2) is 5.78 Å². The molecule has 82 valence electrons. The molecule has 0 aliphatic heterocycles. The molecule has 1 heterocycles. The molecule has 0 radical (unpaired) electrons.